The summed E-state index contributed by atoms with van der Waals surface area (Å²) in [5.74, 6) is -1.18. The molecule has 0 radical (unpaired) electrons. The van der Waals surface area contributed by atoms with Crippen LogP contribution in [0.4, 0.5) is 16.2 Å². The molecule has 0 unspecified atom stereocenters. The molecular formula is C32H25N3O6. The molecule has 0 atom stereocenters. The van der Waals surface area contributed by atoms with Gasteiger partial charge in [0.25, 0.3) is 17.7 Å². The lowest BCUT2D eigenvalue weighted by atomic mass is 10.1. The van der Waals surface area contributed by atoms with Crippen LogP contribution in [0, 0.1) is 0 Å². The van der Waals surface area contributed by atoms with Gasteiger partial charge in [-0.2, -0.15) is 0 Å². The van der Waals surface area contributed by atoms with Crippen molar-refractivity contribution in [2.24, 2.45) is 0 Å². The predicted octanol–water partition coefficient (Wildman–Crippen LogP) is 4.95. The lowest BCUT2D eigenvalue weighted by Gasteiger charge is -2.26. The van der Waals surface area contributed by atoms with Crippen LogP contribution in [0.3, 0.4) is 0 Å². The number of barbiturate groups is 1. The van der Waals surface area contributed by atoms with Gasteiger partial charge in [0.15, 0.2) is 6.61 Å². The van der Waals surface area contributed by atoms with E-state index < -0.39 is 17.8 Å². The van der Waals surface area contributed by atoms with Crippen molar-refractivity contribution in [2.45, 2.75) is 6.61 Å². The largest absolute Gasteiger partial charge is 0.489 e. The normalized spacial score (nSPS) is 14.0. The first-order valence-corrected chi connectivity index (χ1v) is 12.7. The van der Waals surface area contributed by atoms with E-state index in [1.807, 2.05) is 36.4 Å². The number of amides is 5. The minimum Gasteiger partial charge on any atom is -0.489 e. The number of nitrogens with one attached hydrogen (secondary N) is 2. The Labute approximate surface area is 236 Å². The number of carbonyl (C=O) groups excluding carboxylic acids is 4. The summed E-state index contributed by atoms with van der Waals surface area (Å²) < 4.78 is 11.5. The Bertz CT molecular complexity index is 1600. The first-order valence-electron chi connectivity index (χ1n) is 12.7. The van der Waals surface area contributed by atoms with E-state index in [1.165, 1.54) is 6.08 Å². The van der Waals surface area contributed by atoms with Crippen molar-refractivity contribution < 1.29 is 28.7 Å². The van der Waals surface area contributed by atoms with Gasteiger partial charge >= 0.3 is 6.03 Å². The van der Waals surface area contributed by atoms with Crippen LogP contribution in [0.15, 0.2) is 115 Å². The smallest absolute Gasteiger partial charge is 0.335 e. The number of carbonyl (C=O) groups is 4. The Hall–Kier alpha value is -5.70. The maximum atomic E-state index is 13.4. The molecule has 5 amide bonds. The molecule has 1 aliphatic rings. The van der Waals surface area contributed by atoms with Crippen molar-refractivity contribution in [3.8, 4) is 11.5 Å². The number of benzene rings is 4. The van der Waals surface area contributed by atoms with Gasteiger partial charge in [0, 0.05) is 11.3 Å². The summed E-state index contributed by atoms with van der Waals surface area (Å²) in [6.07, 6.45) is 1.33. The second kappa shape index (κ2) is 12.4. The number of anilines is 2. The third-order valence-electron chi connectivity index (χ3n) is 6.08. The van der Waals surface area contributed by atoms with Gasteiger partial charge in [0.2, 0.25) is 0 Å². The maximum absolute atomic E-state index is 13.4. The highest BCUT2D eigenvalue weighted by atomic mass is 16.5. The fraction of sp³-hybridized carbons (Fsp3) is 0.0625. The summed E-state index contributed by atoms with van der Waals surface area (Å²) in [5, 5.41) is 4.94. The van der Waals surface area contributed by atoms with Crippen molar-refractivity contribution in [1.29, 1.82) is 0 Å². The second-order valence-electron chi connectivity index (χ2n) is 8.97. The number of hydrogen-bond acceptors (Lipinski definition) is 6. The maximum Gasteiger partial charge on any atom is 0.335 e. The summed E-state index contributed by atoms with van der Waals surface area (Å²) in [5.41, 5.74) is 2.01. The molecule has 0 bridgehead atoms. The molecule has 4 aromatic carbocycles. The molecule has 1 fully saturated rings. The second-order valence-corrected chi connectivity index (χ2v) is 8.97. The van der Waals surface area contributed by atoms with Crippen LogP contribution in [0.2, 0.25) is 0 Å². The third-order valence-corrected chi connectivity index (χ3v) is 6.08. The highest BCUT2D eigenvalue weighted by Gasteiger charge is 2.37. The quantitative estimate of drug-likeness (QED) is 0.226. The van der Waals surface area contributed by atoms with Crippen LogP contribution in [0.25, 0.3) is 6.08 Å². The Morgan fingerprint density at radius 1 is 0.780 bits per heavy atom. The van der Waals surface area contributed by atoms with Gasteiger partial charge < -0.3 is 14.8 Å². The summed E-state index contributed by atoms with van der Waals surface area (Å²) in [7, 11) is 0. The van der Waals surface area contributed by atoms with Gasteiger partial charge in [-0.05, 0) is 54.1 Å². The molecule has 9 nitrogen and oxygen atoms in total. The average molecular weight is 548 g/mol. The molecule has 0 aromatic heterocycles. The van der Waals surface area contributed by atoms with E-state index in [4.69, 9.17) is 9.47 Å². The molecule has 0 spiro atoms. The molecule has 1 heterocycles. The highest BCUT2D eigenvalue weighted by molar-refractivity contribution is 6.39. The van der Waals surface area contributed by atoms with Crippen molar-refractivity contribution in [3.05, 3.63) is 126 Å². The van der Waals surface area contributed by atoms with Crippen LogP contribution < -0.4 is 25.0 Å². The Morgan fingerprint density at radius 2 is 1.44 bits per heavy atom. The van der Waals surface area contributed by atoms with Gasteiger partial charge in [0.1, 0.15) is 23.7 Å². The van der Waals surface area contributed by atoms with E-state index in [-0.39, 0.29) is 29.5 Å². The first-order chi connectivity index (χ1) is 20.0. The molecule has 9 heteroatoms. The predicted molar refractivity (Wildman–Crippen MR) is 153 cm³/mol. The zero-order valence-electron chi connectivity index (χ0n) is 21.8. The minimum atomic E-state index is -0.864. The van der Waals surface area contributed by atoms with Gasteiger partial charge in [-0.3, -0.25) is 19.7 Å². The van der Waals surface area contributed by atoms with Crippen molar-refractivity contribution in [2.75, 3.05) is 16.8 Å². The summed E-state index contributed by atoms with van der Waals surface area (Å²) in [6.45, 7) is 0.0681. The number of ether oxygens (including phenoxy) is 2. The van der Waals surface area contributed by atoms with Gasteiger partial charge in [0.05, 0.1) is 5.69 Å². The minimum absolute atomic E-state index is 0.264. The van der Waals surface area contributed by atoms with E-state index >= 15 is 0 Å². The molecule has 0 saturated carbocycles. The van der Waals surface area contributed by atoms with Crippen LogP contribution in [0.1, 0.15) is 11.1 Å². The zero-order chi connectivity index (χ0) is 28.6. The van der Waals surface area contributed by atoms with Crippen molar-refractivity contribution >= 4 is 41.2 Å². The summed E-state index contributed by atoms with van der Waals surface area (Å²) in [4.78, 5) is 51.9. The van der Waals surface area contributed by atoms with Crippen LogP contribution in [0.5, 0.6) is 11.5 Å². The summed E-state index contributed by atoms with van der Waals surface area (Å²) in [6, 6.07) is 30.8. The van der Waals surface area contributed by atoms with Crippen molar-refractivity contribution in [3.63, 3.8) is 0 Å². The van der Waals surface area contributed by atoms with Gasteiger partial charge in [-0.25, -0.2) is 9.69 Å². The molecule has 4 aromatic rings. The number of hydrogen-bond donors (Lipinski definition) is 2. The number of para-hydroxylation sites is 2. The number of urea groups is 1. The number of imide groups is 2. The standard InChI is InChI=1S/C32H25N3O6/c36-29(33-24-12-5-2-6-13-24)21-41-28-14-8-7-11-23(28)19-27-30(37)34-32(39)35(31(27)38)25-15-17-26(18-16-25)40-20-22-9-3-1-4-10-22/h1-19H,20-21H2,(H,33,36)(H,34,37,39)/b27-19+. The molecule has 41 heavy (non-hydrogen) atoms. The van der Waals surface area contributed by atoms with Gasteiger partial charge in [-0.1, -0.05) is 66.7 Å². The molecule has 1 saturated heterocycles. The van der Waals surface area contributed by atoms with E-state index in [0.29, 0.717) is 23.6 Å². The molecule has 1 aliphatic heterocycles. The lowest BCUT2D eigenvalue weighted by molar-refractivity contribution is -0.122. The van der Waals surface area contributed by atoms with Gasteiger partial charge in [-0.15, -0.1) is 0 Å². The molecule has 2 N–H and O–H groups in total. The SMILES string of the molecule is O=C(COc1ccccc1/C=C1\C(=O)NC(=O)N(c2ccc(OCc3ccccc3)cc2)C1=O)Nc1ccccc1. The molecule has 204 valence electrons. The Balaban J connectivity index is 1.30. The lowest BCUT2D eigenvalue weighted by Crippen LogP contribution is -2.54. The fourth-order valence-electron chi connectivity index (χ4n) is 4.07. The number of nitrogens with zero attached hydrogens (tertiary/aromatic N) is 1. The van der Waals surface area contributed by atoms with Crippen molar-refractivity contribution in [1.82, 2.24) is 5.32 Å². The van der Waals surface area contributed by atoms with E-state index in [9.17, 15) is 19.2 Å². The molecule has 0 aliphatic carbocycles. The average Bonchev–Trinajstić information content (AvgIpc) is 2.99. The first kappa shape index (κ1) is 26.9. The monoisotopic (exact) mass is 547 g/mol. The van der Waals surface area contributed by atoms with E-state index in [0.717, 1.165) is 10.5 Å². The van der Waals surface area contributed by atoms with Crippen LogP contribution >= 0.6 is 0 Å². The van der Waals surface area contributed by atoms with E-state index in [2.05, 4.69) is 10.6 Å². The van der Waals surface area contributed by atoms with E-state index in [1.54, 1.807) is 72.8 Å². The molecule has 5 rings (SSSR count). The topological polar surface area (TPSA) is 114 Å². The third kappa shape index (κ3) is 6.66. The highest BCUT2D eigenvalue weighted by Crippen LogP contribution is 2.27. The number of rotatable bonds is 9. The molecular weight excluding hydrogens is 522 g/mol. The Kier molecular flexibility index (Phi) is 8.16. The summed E-state index contributed by atoms with van der Waals surface area (Å²) >= 11 is 0. The van der Waals surface area contributed by atoms with Crippen LogP contribution in [-0.2, 0) is 21.0 Å². The van der Waals surface area contributed by atoms with Crippen LogP contribution in [-0.4, -0.2) is 30.4 Å². The fourth-order valence-corrected chi connectivity index (χ4v) is 4.07. The Morgan fingerprint density at radius 3 is 2.17 bits per heavy atom. The zero-order valence-corrected chi connectivity index (χ0v) is 21.8.